The summed E-state index contributed by atoms with van der Waals surface area (Å²) in [5, 5.41) is 10.5. The topological polar surface area (TPSA) is 38.7 Å². The Hall–Kier alpha value is -1.84. The lowest BCUT2D eigenvalue weighted by Crippen LogP contribution is -2.03. The van der Waals surface area contributed by atoms with Gasteiger partial charge >= 0.3 is 0 Å². The van der Waals surface area contributed by atoms with E-state index in [0.717, 1.165) is 22.3 Å². The smallest absolute Gasteiger partial charge is 0.125 e. The molecule has 0 aromatic heterocycles. The molecular weight excluding hydrogens is 252 g/mol. The maximum Gasteiger partial charge on any atom is 0.125 e. The summed E-state index contributed by atoms with van der Waals surface area (Å²) < 4.78 is 10.4. The fourth-order valence-corrected chi connectivity index (χ4v) is 2.21. The van der Waals surface area contributed by atoms with Crippen molar-refractivity contribution in [1.82, 2.24) is 0 Å². The second kappa shape index (κ2) is 6.55. The molecule has 0 aliphatic rings. The molecule has 0 amide bonds. The lowest BCUT2D eigenvalue weighted by atomic mass is 9.98. The summed E-state index contributed by atoms with van der Waals surface area (Å²) in [7, 11) is 3.28. The molecule has 0 bridgehead atoms. The predicted octanol–water partition coefficient (Wildman–Crippen LogP) is 3.23. The molecule has 1 N–H and O–H groups in total. The number of aliphatic hydroxyl groups excluding tert-OH is 1. The first-order chi connectivity index (χ1) is 9.65. The molecule has 2 aromatic rings. The Morgan fingerprint density at radius 3 is 2.35 bits per heavy atom. The highest BCUT2D eigenvalue weighted by molar-refractivity contribution is 5.43. The molecule has 1 atom stereocenters. The average molecular weight is 272 g/mol. The van der Waals surface area contributed by atoms with Gasteiger partial charge in [0, 0.05) is 12.7 Å². The van der Waals surface area contributed by atoms with Crippen LogP contribution in [0.25, 0.3) is 0 Å². The van der Waals surface area contributed by atoms with E-state index in [1.165, 1.54) is 0 Å². The fraction of sp³-hybridized carbons (Fsp3) is 0.294. The van der Waals surface area contributed by atoms with Crippen molar-refractivity contribution in [3.63, 3.8) is 0 Å². The van der Waals surface area contributed by atoms with Crippen molar-refractivity contribution in [2.24, 2.45) is 0 Å². The van der Waals surface area contributed by atoms with Gasteiger partial charge in [-0.1, -0.05) is 35.9 Å². The largest absolute Gasteiger partial charge is 0.496 e. The summed E-state index contributed by atoms with van der Waals surface area (Å²) in [5.41, 5.74) is 3.80. The van der Waals surface area contributed by atoms with E-state index < -0.39 is 6.10 Å². The Labute approximate surface area is 119 Å². The minimum atomic E-state index is -0.693. The van der Waals surface area contributed by atoms with Gasteiger partial charge in [-0.25, -0.2) is 0 Å². The Kier molecular flexibility index (Phi) is 4.77. The van der Waals surface area contributed by atoms with Gasteiger partial charge in [-0.05, 0) is 30.2 Å². The van der Waals surface area contributed by atoms with Crippen LogP contribution in [-0.4, -0.2) is 19.3 Å². The standard InChI is InChI=1S/C17H20O3/c1-12-4-9-16(20-3)15(10-12)17(18)14-7-5-13(6-8-14)11-19-2/h4-10,17-18H,11H2,1-3H3. The number of benzene rings is 2. The van der Waals surface area contributed by atoms with E-state index in [1.807, 2.05) is 49.4 Å². The first-order valence-electron chi connectivity index (χ1n) is 6.56. The summed E-state index contributed by atoms with van der Waals surface area (Å²) in [6.45, 7) is 2.57. The molecule has 1 unspecified atom stereocenters. The third-order valence-corrected chi connectivity index (χ3v) is 3.29. The number of hydrogen-bond donors (Lipinski definition) is 1. The zero-order valence-electron chi connectivity index (χ0n) is 12.1. The molecule has 2 rings (SSSR count). The van der Waals surface area contributed by atoms with Crippen molar-refractivity contribution in [3.8, 4) is 5.75 Å². The monoisotopic (exact) mass is 272 g/mol. The zero-order valence-corrected chi connectivity index (χ0v) is 12.1. The summed E-state index contributed by atoms with van der Waals surface area (Å²) >= 11 is 0. The Balaban J connectivity index is 2.30. The number of ether oxygens (including phenoxy) is 2. The van der Waals surface area contributed by atoms with E-state index >= 15 is 0 Å². The average Bonchev–Trinajstić information content (AvgIpc) is 2.47. The Bertz CT molecular complexity index is 561. The molecule has 20 heavy (non-hydrogen) atoms. The van der Waals surface area contributed by atoms with Crippen LogP contribution in [0.1, 0.15) is 28.4 Å². The van der Waals surface area contributed by atoms with E-state index in [0.29, 0.717) is 12.4 Å². The highest BCUT2D eigenvalue weighted by atomic mass is 16.5. The molecule has 0 aliphatic carbocycles. The van der Waals surface area contributed by atoms with Crippen LogP contribution < -0.4 is 4.74 Å². The molecule has 0 saturated heterocycles. The molecule has 0 heterocycles. The molecule has 2 aromatic carbocycles. The van der Waals surface area contributed by atoms with Gasteiger partial charge in [0.25, 0.3) is 0 Å². The van der Waals surface area contributed by atoms with Crippen LogP contribution in [0.3, 0.4) is 0 Å². The normalized spacial score (nSPS) is 12.2. The quantitative estimate of drug-likeness (QED) is 0.908. The summed E-state index contributed by atoms with van der Waals surface area (Å²) in [5.74, 6) is 0.698. The molecule has 3 heteroatoms. The lowest BCUT2D eigenvalue weighted by molar-refractivity contribution is 0.184. The van der Waals surface area contributed by atoms with Gasteiger partial charge in [0.15, 0.2) is 0 Å². The van der Waals surface area contributed by atoms with E-state index in [9.17, 15) is 5.11 Å². The predicted molar refractivity (Wildman–Crippen MR) is 78.9 cm³/mol. The van der Waals surface area contributed by atoms with Gasteiger partial charge < -0.3 is 14.6 Å². The van der Waals surface area contributed by atoms with Crippen LogP contribution in [0.15, 0.2) is 42.5 Å². The van der Waals surface area contributed by atoms with Crippen LogP contribution in [0.4, 0.5) is 0 Å². The SMILES string of the molecule is COCc1ccc(C(O)c2cc(C)ccc2OC)cc1. The van der Waals surface area contributed by atoms with Crippen LogP contribution in [0.2, 0.25) is 0 Å². The number of rotatable bonds is 5. The highest BCUT2D eigenvalue weighted by Gasteiger charge is 2.15. The third kappa shape index (κ3) is 3.18. The minimum Gasteiger partial charge on any atom is -0.496 e. The number of hydrogen-bond acceptors (Lipinski definition) is 3. The Morgan fingerprint density at radius 2 is 1.75 bits per heavy atom. The van der Waals surface area contributed by atoms with Crippen molar-refractivity contribution in [1.29, 1.82) is 0 Å². The van der Waals surface area contributed by atoms with Gasteiger partial charge in [0.2, 0.25) is 0 Å². The molecule has 3 nitrogen and oxygen atoms in total. The van der Waals surface area contributed by atoms with E-state index in [-0.39, 0.29) is 0 Å². The molecular formula is C17H20O3. The number of methoxy groups -OCH3 is 2. The van der Waals surface area contributed by atoms with Crippen LogP contribution in [0, 0.1) is 6.92 Å². The summed E-state index contributed by atoms with van der Waals surface area (Å²) in [6, 6.07) is 13.6. The summed E-state index contributed by atoms with van der Waals surface area (Å²) in [6.07, 6.45) is -0.693. The second-order valence-electron chi connectivity index (χ2n) is 4.82. The van der Waals surface area contributed by atoms with Gasteiger partial charge in [-0.2, -0.15) is 0 Å². The highest BCUT2D eigenvalue weighted by Crippen LogP contribution is 2.30. The molecule has 0 saturated carbocycles. The first kappa shape index (κ1) is 14.6. The van der Waals surface area contributed by atoms with E-state index in [4.69, 9.17) is 9.47 Å². The second-order valence-corrected chi connectivity index (χ2v) is 4.82. The third-order valence-electron chi connectivity index (χ3n) is 3.29. The maximum absolute atomic E-state index is 10.5. The van der Waals surface area contributed by atoms with E-state index in [2.05, 4.69) is 0 Å². The molecule has 0 aliphatic heterocycles. The van der Waals surface area contributed by atoms with Crippen LogP contribution in [0.5, 0.6) is 5.75 Å². The molecule has 0 fully saturated rings. The number of aliphatic hydroxyl groups is 1. The molecule has 0 radical (unpaired) electrons. The van der Waals surface area contributed by atoms with Gasteiger partial charge in [-0.3, -0.25) is 0 Å². The maximum atomic E-state index is 10.5. The first-order valence-corrected chi connectivity index (χ1v) is 6.56. The molecule has 106 valence electrons. The van der Waals surface area contributed by atoms with Gasteiger partial charge in [-0.15, -0.1) is 0 Å². The Morgan fingerprint density at radius 1 is 1.05 bits per heavy atom. The summed E-state index contributed by atoms with van der Waals surface area (Å²) in [4.78, 5) is 0. The number of aryl methyl sites for hydroxylation is 1. The van der Waals surface area contributed by atoms with Crippen molar-refractivity contribution >= 4 is 0 Å². The van der Waals surface area contributed by atoms with Gasteiger partial charge in [0.05, 0.1) is 13.7 Å². The zero-order chi connectivity index (χ0) is 14.5. The fourth-order valence-electron chi connectivity index (χ4n) is 2.21. The minimum absolute atomic E-state index is 0.574. The van der Waals surface area contributed by atoms with E-state index in [1.54, 1.807) is 14.2 Å². The molecule has 0 spiro atoms. The van der Waals surface area contributed by atoms with Crippen LogP contribution >= 0.6 is 0 Å². The van der Waals surface area contributed by atoms with Crippen molar-refractivity contribution in [3.05, 3.63) is 64.7 Å². The van der Waals surface area contributed by atoms with Crippen LogP contribution in [-0.2, 0) is 11.3 Å². The van der Waals surface area contributed by atoms with Gasteiger partial charge in [0.1, 0.15) is 11.9 Å². The van der Waals surface area contributed by atoms with Crippen molar-refractivity contribution < 1.29 is 14.6 Å². The van der Waals surface area contributed by atoms with Crippen molar-refractivity contribution in [2.75, 3.05) is 14.2 Å². The lowest BCUT2D eigenvalue weighted by Gasteiger charge is -2.16. The van der Waals surface area contributed by atoms with Crippen molar-refractivity contribution in [2.45, 2.75) is 19.6 Å².